The molecule has 0 aromatic heterocycles. The van der Waals surface area contributed by atoms with Crippen molar-refractivity contribution in [2.45, 2.75) is 51.7 Å². The zero-order valence-corrected chi connectivity index (χ0v) is 13.3. The molecule has 19 heavy (non-hydrogen) atoms. The number of hydrogen-bond acceptors (Lipinski definition) is 4. The minimum Gasteiger partial charge on any atom is -0.383 e. The monoisotopic (exact) mass is 273 g/mol. The highest BCUT2D eigenvalue weighted by atomic mass is 16.5. The molecule has 0 spiro atoms. The van der Waals surface area contributed by atoms with Crippen molar-refractivity contribution < 1.29 is 14.2 Å². The van der Waals surface area contributed by atoms with E-state index in [9.17, 15) is 0 Å². The molecule has 0 radical (unpaired) electrons. The quantitative estimate of drug-likeness (QED) is 0.654. The van der Waals surface area contributed by atoms with E-state index in [1.807, 2.05) is 0 Å². The summed E-state index contributed by atoms with van der Waals surface area (Å²) in [4.78, 5) is 0. The van der Waals surface area contributed by atoms with Crippen LogP contribution in [0.15, 0.2) is 0 Å². The molecule has 114 valence electrons. The van der Waals surface area contributed by atoms with Gasteiger partial charge in [-0.2, -0.15) is 0 Å². The van der Waals surface area contributed by atoms with E-state index in [0.717, 1.165) is 45.6 Å². The van der Waals surface area contributed by atoms with E-state index in [-0.39, 0.29) is 11.0 Å². The fourth-order valence-electron chi connectivity index (χ4n) is 2.63. The fourth-order valence-corrected chi connectivity index (χ4v) is 2.63. The van der Waals surface area contributed by atoms with Crippen LogP contribution in [0.5, 0.6) is 0 Å². The van der Waals surface area contributed by atoms with Crippen LogP contribution in [0.25, 0.3) is 0 Å². The predicted molar refractivity (Wildman–Crippen MR) is 77.5 cm³/mol. The van der Waals surface area contributed by atoms with E-state index < -0.39 is 0 Å². The molecule has 1 rings (SSSR count). The summed E-state index contributed by atoms with van der Waals surface area (Å²) in [6.45, 7) is 10.0. The molecule has 0 aliphatic carbocycles. The molecule has 1 N–H and O–H groups in total. The van der Waals surface area contributed by atoms with Crippen molar-refractivity contribution in [2.75, 3.05) is 40.5 Å². The number of nitrogens with one attached hydrogen (secondary N) is 1. The van der Waals surface area contributed by atoms with Crippen molar-refractivity contribution in [3.63, 3.8) is 0 Å². The minimum absolute atomic E-state index is 0.0537. The molecular formula is C15H31NO3. The van der Waals surface area contributed by atoms with Gasteiger partial charge in [0.1, 0.15) is 0 Å². The van der Waals surface area contributed by atoms with Crippen LogP contribution in [-0.4, -0.2) is 52.2 Å². The van der Waals surface area contributed by atoms with Crippen molar-refractivity contribution >= 4 is 0 Å². The van der Waals surface area contributed by atoms with Gasteiger partial charge in [0, 0.05) is 39.3 Å². The highest BCUT2D eigenvalue weighted by molar-refractivity contribution is 4.92. The van der Waals surface area contributed by atoms with Crippen LogP contribution in [0.4, 0.5) is 0 Å². The van der Waals surface area contributed by atoms with Gasteiger partial charge in [-0.05, 0) is 40.0 Å². The maximum absolute atomic E-state index is 5.81. The number of ether oxygens (including phenoxy) is 3. The molecule has 0 amide bonds. The standard InChI is InChI=1S/C15H31NO3/c1-13-15(8-10-19-13,12-16-9-11-17-4)7-6-14(2,3)18-5/h13,16H,6-12H2,1-5H3. The van der Waals surface area contributed by atoms with Crippen molar-refractivity contribution in [1.29, 1.82) is 0 Å². The van der Waals surface area contributed by atoms with Crippen LogP contribution in [0.2, 0.25) is 0 Å². The summed E-state index contributed by atoms with van der Waals surface area (Å²) in [5, 5.41) is 3.51. The second-order valence-electron chi connectivity index (χ2n) is 6.26. The minimum atomic E-state index is -0.0537. The lowest BCUT2D eigenvalue weighted by atomic mass is 9.75. The van der Waals surface area contributed by atoms with Gasteiger partial charge < -0.3 is 19.5 Å². The molecule has 0 aromatic rings. The highest BCUT2D eigenvalue weighted by Gasteiger charge is 2.41. The van der Waals surface area contributed by atoms with Crippen LogP contribution >= 0.6 is 0 Å². The molecule has 1 aliphatic rings. The number of rotatable bonds is 9. The Balaban J connectivity index is 2.51. The summed E-state index contributed by atoms with van der Waals surface area (Å²) in [7, 11) is 3.53. The normalized spacial score (nSPS) is 27.9. The summed E-state index contributed by atoms with van der Waals surface area (Å²) in [5.74, 6) is 0. The molecule has 1 heterocycles. The third-order valence-electron chi connectivity index (χ3n) is 4.57. The number of hydrogen-bond donors (Lipinski definition) is 1. The van der Waals surface area contributed by atoms with Gasteiger partial charge in [-0.25, -0.2) is 0 Å². The summed E-state index contributed by atoms with van der Waals surface area (Å²) in [6.07, 6.45) is 3.64. The van der Waals surface area contributed by atoms with Gasteiger partial charge in [0.2, 0.25) is 0 Å². The average Bonchev–Trinajstić information content (AvgIpc) is 2.75. The van der Waals surface area contributed by atoms with Gasteiger partial charge >= 0.3 is 0 Å². The Bertz CT molecular complexity index is 258. The lowest BCUT2D eigenvalue weighted by Gasteiger charge is -2.35. The van der Waals surface area contributed by atoms with Crippen molar-refractivity contribution in [3.8, 4) is 0 Å². The van der Waals surface area contributed by atoms with Gasteiger partial charge in [-0.1, -0.05) is 0 Å². The van der Waals surface area contributed by atoms with Crippen LogP contribution in [-0.2, 0) is 14.2 Å². The Hall–Kier alpha value is -0.160. The smallest absolute Gasteiger partial charge is 0.0623 e. The maximum atomic E-state index is 5.81. The lowest BCUT2D eigenvalue weighted by molar-refractivity contribution is -0.00760. The molecule has 0 bridgehead atoms. The second kappa shape index (κ2) is 7.58. The van der Waals surface area contributed by atoms with Crippen LogP contribution in [0.1, 0.15) is 40.0 Å². The van der Waals surface area contributed by atoms with E-state index in [1.54, 1.807) is 14.2 Å². The first kappa shape index (κ1) is 16.9. The molecule has 2 unspecified atom stereocenters. The van der Waals surface area contributed by atoms with Gasteiger partial charge in [-0.15, -0.1) is 0 Å². The Morgan fingerprint density at radius 3 is 2.63 bits per heavy atom. The fraction of sp³-hybridized carbons (Fsp3) is 1.00. The summed E-state index contributed by atoms with van der Waals surface area (Å²) in [5.41, 5.74) is 0.186. The van der Waals surface area contributed by atoms with E-state index >= 15 is 0 Å². The van der Waals surface area contributed by atoms with E-state index in [2.05, 4.69) is 26.1 Å². The first-order valence-corrected chi connectivity index (χ1v) is 7.32. The first-order chi connectivity index (χ1) is 8.96. The molecule has 1 fully saturated rings. The van der Waals surface area contributed by atoms with Gasteiger partial charge in [0.05, 0.1) is 18.3 Å². The maximum Gasteiger partial charge on any atom is 0.0623 e. The summed E-state index contributed by atoms with van der Waals surface area (Å²) in [6, 6.07) is 0. The molecule has 4 heteroatoms. The second-order valence-corrected chi connectivity index (χ2v) is 6.26. The Kier molecular flexibility index (Phi) is 6.74. The van der Waals surface area contributed by atoms with Crippen molar-refractivity contribution in [3.05, 3.63) is 0 Å². The molecule has 0 saturated carbocycles. The molecule has 1 saturated heterocycles. The lowest BCUT2D eigenvalue weighted by Crippen LogP contribution is -2.42. The summed E-state index contributed by atoms with van der Waals surface area (Å²) >= 11 is 0. The van der Waals surface area contributed by atoms with E-state index in [0.29, 0.717) is 6.10 Å². The van der Waals surface area contributed by atoms with Crippen LogP contribution in [0.3, 0.4) is 0 Å². The Morgan fingerprint density at radius 2 is 2.11 bits per heavy atom. The highest BCUT2D eigenvalue weighted by Crippen LogP contribution is 2.40. The van der Waals surface area contributed by atoms with Gasteiger partial charge in [0.15, 0.2) is 0 Å². The first-order valence-electron chi connectivity index (χ1n) is 7.32. The SMILES string of the molecule is COCCNCC1(CCC(C)(C)OC)CCOC1C. The third-order valence-corrected chi connectivity index (χ3v) is 4.57. The Morgan fingerprint density at radius 1 is 1.37 bits per heavy atom. The number of methoxy groups -OCH3 is 2. The largest absolute Gasteiger partial charge is 0.383 e. The van der Waals surface area contributed by atoms with E-state index in [4.69, 9.17) is 14.2 Å². The molecular weight excluding hydrogens is 242 g/mol. The molecule has 4 nitrogen and oxygen atoms in total. The molecule has 2 atom stereocenters. The third kappa shape index (κ3) is 5.03. The average molecular weight is 273 g/mol. The summed E-state index contributed by atoms with van der Waals surface area (Å²) < 4.78 is 16.4. The van der Waals surface area contributed by atoms with Gasteiger partial charge in [-0.3, -0.25) is 0 Å². The zero-order chi connectivity index (χ0) is 14.4. The van der Waals surface area contributed by atoms with Crippen molar-refractivity contribution in [1.82, 2.24) is 5.32 Å². The van der Waals surface area contributed by atoms with E-state index in [1.165, 1.54) is 0 Å². The van der Waals surface area contributed by atoms with Crippen molar-refractivity contribution in [2.24, 2.45) is 5.41 Å². The Labute approximate surface area is 118 Å². The van der Waals surface area contributed by atoms with Crippen LogP contribution in [0, 0.1) is 5.41 Å². The molecule has 0 aromatic carbocycles. The topological polar surface area (TPSA) is 39.7 Å². The van der Waals surface area contributed by atoms with Crippen LogP contribution < -0.4 is 5.32 Å². The predicted octanol–water partition coefficient (Wildman–Crippen LogP) is 2.22. The molecule has 1 aliphatic heterocycles. The van der Waals surface area contributed by atoms with Gasteiger partial charge in [0.25, 0.3) is 0 Å². The zero-order valence-electron chi connectivity index (χ0n) is 13.3.